The first-order valence-corrected chi connectivity index (χ1v) is 12.0. The Morgan fingerprint density at radius 2 is 1.85 bits per heavy atom. The fraction of sp³-hybridized carbons (Fsp3) is 0.913. The van der Waals surface area contributed by atoms with E-state index >= 15 is 0 Å². The lowest BCUT2D eigenvalue weighted by molar-refractivity contribution is -0.199. The second kappa shape index (κ2) is 7.80. The minimum absolute atomic E-state index is 0.0554. The molecule has 0 aromatic carbocycles. The summed E-state index contributed by atoms with van der Waals surface area (Å²) in [6.07, 6.45) is 2.17. The molecule has 5 fully saturated rings. The van der Waals surface area contributed by atoms with E-state index < -0.39 is 48.2 Å². The molecule has 2 saturated heterocycles. The number of carbonyl (C=O) groups is 2. The molecule has 0 aromatic heterocycles. The molecule has 0 radical (unpaired) electrons. The number of halogens is 2. The van der Waals surface area contributed by atoms with Crippen LogP contribution < -0.4 is 5.32 Å². The van der Waals surface area contributed by atoms with Crippen molar-refractivity contribution in [2.75, 3.05) is 6.54 Å². The second-order valence-corrected chi connectivity index (χ2v) is 12.1. The lowest BCUT2D eigenvalue weighted by Gasteiger charge is -2.64. The van der Waals surface area contributed by atoms with Crippen molar-refractivity contribution in [3.05, 3.63) is 0 Å². The molecule has 5 aliphatic rings. The highest BCUT2D eigenvalue weighted by molar-refractivity contribution is 6.48. The number of nitrogens with one attached hydrogen (secondary N) is 1. The Bertz CT molecular complexity index is 814. The summed E-state index contributed by atoms with van der Waals surface area (Å²) in [6.45, 7) is 12.5. The van der Waals surface area contributed by atoms with Gasteiger partial charge in [0.15, 0.2) is 6.04 Å². The van der Waals surface area contributed by atoms with Crippen molar-refractivity contribution in [3.63, 3.8) is 0 Å². The molecule has 2 amide bonds. The van der Waals surface area contributed by atoms with Gasteiger partial charge in [0.1, 0.15) is 5.60 Å². The van der Waals surface area contributed by atoms with Gasteiger partial charge in [-0.3, -0.25) is 4.79 Å². The van der Waals surface area contributed by atoms with Gasteiger partial charge in [0.25, 0.3) is 11.8 Å². The van der Waals surface area contributed by atoms with Crippen molar-refractivity contribution in [1.82, 2.24) is 10.2 Å². The fourth-order valence-electron chi connectivity index (χ4n) is 6.41. The summed E-state index contributed by atoms with van der Waals surface area (Å²) in [4.78, 5) is 26.9. The van der Waals surface area contributed by atoms with E-state index in [1.54, 1.807) is 20.8 Å². The average Bonchev–Trinajstić information content (AvgIpc) is 3.26. The minimum atomic E-state index is -3.47. The Labute approximate surface area is 195 Å². The van der Waals surface area contributed by atoms with Crippen molar-refractivity contribution in [3.8, 4) is 0 Å². The number of likely N-dealkylation sites (tertiary alicyclic amines) is 1. The van der Waals surface area contributed by atoms with E-state index in [1.165, 1.54) is 4.90 Å². The molecule has 0 spiro atoms. The van der Waals surface area contributed by atoms with Crippen molar-refractivity contribution in [2.45, 2.75) is 109 Å². The Kier molecular flexibility index (Phi) is 5.84. The number of alkyl halides is 2. The number of carbonyl (C=O) groups excluding carboxylic acids is 2. The van der Waals surface area contributed by atoms with E-state index in [4.69, 9.17) is 14.0 Å². The summed E-state index contributed by atoms with van der Waals surface area (Å²) in [6, 6.07) is -2.03. The van der Waals surface area contributed by atoms with E-state index in [0.717, 1.165) is 12.8 Å². The summed E-state index contributed by atoms with van der Waals surface area (Å²) in [5.74, 6) is -3.82. The first-order chi connectivity index (χ1) is 15.0. The predicted octanol–water partition coefficient (Wildman–Crippen LogP) is 3.79. The van der Waals surface area contributed by atoms with Crippen LogP contribution in [0.2, 0.25) is 0 Å². The lowest BCUT2D eigenvalue weighted by atomic mass is 9.43. The van der Waals surface area contributed by atoms with Crippen LogP contribution in [0.3, 0.4) is 0 Å². The molecule has 3 saturated carbocycles. The lowest BCUT2D eigenvalue weighted by Crippen LogP contribution is -2.65. The van der Waals surface area contributed by atoms with Gasteiger partial charge in [-0.05, 0) is 70.6 Å². The molecule has 10 heteroatoms. The van der Waals surface area contributed by atoms with Gasteiger partial charge in [-0.25, -0.2) is 13.6 Å². The van der Waals surface area contributed by atoms with Crippen LogP contribution in [0.25, 0.3) is 0 Å². The smallest absolute Gasteiger partial charge is 0.444 e. The molecule has 2 unspecified atom stereocenters. The maximum absolute atomic E-state index is 14.5. The quantitative estimate of drug-likeness (QED) is 0.633. The van der Waals surface area contributed by atoms with Gasteiger partial charge in [-0.2, -0.15) is 0 Å². The van der Waals surface area contributed by atoms with Crippen LogP contribution in [0.5, 0.6) is 0 Å². The molecule has 7 nitrogen and oxygen atoms in total. The fourth-order valence-corrected chi connectivity index (χ4v) is 6.41. The van der Waals surface area contributed by atoms with E-state index in [-0.39, 0.29) is 11.5 Å². The first-order valence-electron chi connectivity index (χ1n) is 12.0. The van der Waals surface area contributed by atoms with Crippen LogP contribution in [-0.2, 0) is 18.8 Å². The van der Waals surface area contributed by atoms with E-state index in [2.05, 4.69) is 26.1 Å². The SMILES string of the molecule is CC(C)(C)OC(=O)NC(C(=O)N1CCC[C@H]1B1OC2C[C@@H]3C[C@@H](C3(C)C)[C@]2(C)O1)C(C)(F)F. The molecule has 1 N–H and O–H groups in total. The Morgan fingerprint density at radius 1 is 1.18 bits per heavy atom. The van der Waals surface area contributed by atoms with Gasteiger partial charge in [0, 0.05) is 13.5 Å². The first kappa shape index (κ1) is 24.7. The summed E-state index contributed by atoms with van der Waals surface area (Å²) in [7, 11) is -0.658. The summed E-state index contributed by atoms with van der Waals surface area (Å²) >= 11 is 0. The molecule has 2 aliphatic heterocycles. The maximum Gasteiger partial charge on any atom is 0.481 e. The molecule has 5 rings (SSSR count). The minimum Gasteiger partial charge on any atom is -0.444 e. The molecule has 2 heterocycles. The van der Waals surface area contributed by atoms with Gasteiger partial charge >= 0.3 is 13.2 Å². The standard InChI is InChI=1S/C23H37BF2N2O5/c1-20(2,3)31-19(30)27-17(23(7,25)26)18(29)28-10-8-9-16(28)24-32-15-12-13-11-14(21(13,4)5)22(15,6)33-24/h13-17H,8-12H2,1-7H3,(H,27,30)/t13-,14-,15?,16-,17?,22-/m0/s1. The van der Waals surface area contributed by atoms with Gasteiger partial charge in [-0.1, -0.05) is 13.8 Å². The summed E-state index contributed by atoms with van der Waals surface area (Å²) in [5, 5.41) is 2.10. The zero-order chi connectivity index (χ0) is 24.6. The van der Waals surface area contributed by atoms with Crippen LogP contribution in [0.4, 0.5) is 13.6 Å². The van der Waals surface area contributed by atoms with E-state index in [1.807, 2.05) is 0 Å². The normalized spacial score (nSPS) is 36.2. The van der Waals surface area contributed by atoms with E-state index in [9.17, 15) is 18.4 Å². The van der Waals surface area contributed by atoms with Crippen LogP contribution in [-0.4, -0.2) is 65.8 Å². The third-order valence-corrected chi connectivity index (χ3v) is 8.28. The van der Waals surface area contributed by atoms with Crippen LogP contribution in [0.15, 0.2) is 0 Å². The molecule has 186 valence electrons. The summed E-state index contributed by atoms with van der Waals surface area (Å²) < 4.78 is 46.8. The van der Waals surface area contributed by atoms with Gasteiger partial charge in [0.2, 0.25) is 0 Å². The van der Waals surface area contributed by atoms with Gasteiger partial charge in [-0.15, -0.1) is 0 Å². The number of nitrogens with zero attached hydrogens (tertiary/aromatic N) is 1. The van der Waals surface area contributed by atoms with Crippen molar-refractivity contribution >= 4 is 19.1 Å². The van der Waals surface area contributed by atoms with Crippen LogP contribution in [0, 0.1) is 17.3 Å². The second-order valence-electron chi connectivity index (χ2n) is 12.1. The van der Waals surface area contributed by atoms with Gasteiger partial charge < -0.3 is 24.3 Å². The largest absolute Gasteiger partial charge is 0.481 e. The van der Waals surface area contributed by atoms with Crippen molar-refractivity contribution < 1.29 is 32.4 Å². The highest BCUT2D eigenvalue weighted by Crippen LogP contribution is 2.66. The highest BCUT2D eigenvalue weighted by atomic mass is 19.3. The molecule has 6 atom stereocenters. The predicted molar refractivity (Wildman–Crippen MR) is 119 cm³/mol. The van der Waals surface area contributed by atoms with Crippen LogP contribution >= 0.6 is 0 Å². The topological polar surface area (TPSA) is 77.1 Å². The third-order valence-electron chi connectivity index (χ3n) is 8.28. The molecule has 33 heavy (non-hydrogen) atoms. The number of amides is 2. The number of alkyl carbamates (subject to hydrolysis) is 1. The Balaban J connectivity index is 1.49. The number of hydrogen-bond donors (Lipinski definition) is 1. The van der Waals surface area contributed by atoms with Gasteiger partial charge in [0.05, 0.1) is 17.6 Å². The zero-order valence-electron chi connectivity index (χ0n) is 20.7. The Hall–Kier alpha value is -1.42. The zero-order valence-corrected chi connectivity index (χ0v) is 20.7. The monoisotopic (exact) mass is 470 g/mol. The highest BCUT2D eigenvalue weighted by Gasteiger charge is 2.69. The number of ether oxygens (including phenoxy) is 1. The van der Waals surface area contributed by atoms with Crippen LogP contribution in [0.1, 0.15) is 74.1 Å². The molecular formula is C23H37BF2N2O5. The number of hydrogen-bond acceptors (Lipinski definition) is 5. The Morgan fingerprint density at radius 3 is 2.42 bits per heavy atom. The molecule has 0 aromatic rings. The maximum atomic E-state index is 14.5. The third kappa shape index (κ3) is 4.26. The summed E-state index contributed by atoms with van der Waals surface area (Å²) in [5.41, 5.74) is -1.13. The molecule has 2 bridgehead atoms. The van der Waals surface area contributed by atoms with E-state index in [0.29, 0.717) is 38.1 Å². The average molecular weight is 470 g/mol. The van der Waals surface area contributed by atoms with Crippen molar-refractivity contribution in [1.29, 1.82) is 0 Å². The van der Waals surface area contributed by atoms with Crippen molar-refractivity contribution in [2.24, 2.45) is 17.3 Å². The molecular weight excluding hydrogens is 433 g/mol. The molecule has 3 aliphatic carbocycles. The number of rotatable bonds is 4.